The molecule has 1 aromatic carbocycles. The Balaban J connectivity index is 1.78. The van der Waals surface area contributed by atoms with Crippen molar-refractivity contribution < 1.29 is 14.6 Å². The van der Waals surface area contributed by atoms with Gasteiger partial charge in [0.25, 0.3) is 5.69 Å². The molecule has 0 bridgehead atoms. The summed E-state index contributed by atoms with van der Waals surface area (Å²) in [5.41, 5.74) is -0.587. The number of aliphatic hydroxyl groups is 1. The quantitative estimate of drug-likeness (QED) is 0.316. The van der Waals surface area contributed by atoms with E-state index in [1.165, 1.54) is 37.8 Å². The molecule has 1 aliphatic heterocycles. The van der Waals surface area contributed by atoms with Gasteiger partial charge in [0.2, 0.25) is 5.72 Å². The molecule has 1 aliphatic rings. The minimum atomic E-state index is -1.25. The van der Waals surface area contributed by atoms with Crippen LogP contribution in [0.4, 0.5) is 11.6 Å². The number of anilines is 1. The second-order valence-corrected chi connectivity index (χ2v) is 7.09. The number of fused-ring (bicyclic) bond motifs is 1. The van der Waals surface area contributed by atoms with Gasteiger partial charge in [0, 0.05) is 23.8 Å². The Kier molecular flexibility index (Phi) is 6.01. The third kappa shape index (κ3) is 4.08. The van der Waals surface area contributed by atoms with E-state index in [0.717, 1.165) is 18.8 Å². The zero-order chi connectivity index (χ0) is 19.3. The number of rotatable bonds is 9. The van der Waals surface area contributed by atoms with Gasteiger partial charge in [0.15, 0.2) is 0 Å². The number of aromatic nitrogens is 2. The molecule has 0 spiro atoms. The molecule has 0 radical (unpaired) electrons. The second kappa shape index (κ2) is 8.43. The number of nitro groups is 1. The number of non-ortho nitro benzene ring substituents is 1. The fourth-order valence-corrected chi connectivity index (χ4v) is 3.66. The highest BCUT2D eigenvalue weighted by Crippen LogP contribution is 2.34. The van der Waals surface area contributed by atoms with Crippen LogP contribution in [-0.2, 0) is 12.3 Å². The Morgan fingerprint density at radius 3 is 2.63 bits per heavy atom. The van der Waals surface area contributed by atoms with Crippen LogP contribution in [0.15, 0.2) is 42.7 Å². The highest BCUT2D eigenvalue weighted by molar-refractivity contribution is 5.41. The van der Waals surface area contributed by atoms with Crippen LogP contribution in [0.1, 0.15) is 51.0 Å². The first kappa shape index (κ1) is 19.2. The lowest BCUT2D eigenvalue weighted by Gasteiger charge is -2.28. The van der Waals surface area contributed by atoms with E-state index >= 15 is 0 Å². The molecule has 1 atom stereocenters. The summed E-state index contributed by atoms with van der Waals surface area (Å²) < 4.78 is 1.93. The first-order valence-electron chi connectivity index (χ1n) is 9.65. The smallest absolute Gasteiger partial charge is 0.353 e. The van der Waals surface area contributed by atoms with E-state index in [4.69, 9.17) is 0 Å². The number of hydrogen-bond donors (Lipinski definition) is 1. The highest BCUT2D eigenvalue weighted by atomic mass is 16.6. The minimum absolute atomic E-state index is 0.0195. The van der Waals surface area contributed by atoms with Crippen LogP contribution < -0.4 is 9.47 Å². The van der Waals surface area contributed by atoms with Gasteiger partial charge in [-0.2, -0.15) is 0 Å². The fourth-order valence-electron chi connectivity index (χ4n) is 3.66. The molecular formula is C20H27N4O3+. The van der Waals surface area contributed by atoms with Crippen molar-refractivity contribution in [1.82, 2.24) is 4.98 Å². The predicted molar refractivity (Wildman–Crippen MR) is 102 cm³/mol. The summed E-state index contributed by atoms with van der Waals surface area (Å²) in [6.45, 7) is 3.24. The Bertz CT molecular complexity index is 781. The van der Waals surface area contributed by atoms with E-state index in [9.17, 15) is 15.2 Å². The Labute approximate surface area is 159 Å². The van der Waals surface area contributed by atoms with Crippen LogP contribution in [0.5, 0.6) is 0 Å². The lowest BCUT2D eigenvalue weighted by Crippen LogP contribution is -2.46. The van der Waals surface area contributed by atoms with Gasteiger partial charge in [0.05, 0.1) is 17.7 Å². The van der Waals surface area contributed by atoms with Gasteiger partial charge in [0.1, 0.15) is 12.7 Å². The van der Waals surface area contributed by atoms with Crippen LogP contribution in [-0.4, -0.2) is 21.6 Å². The van der Waals surface area contributed by atoms with Crippen molar-refractivity contribution in [2.24, 2.45) is 0 Å². The number of hydrogen-bond acceptors (Lipinski definition) is 5. The van der Waals surface area contributed by atoms with Crippen molar-refractivity contribution in [2.75, 3.05) is 11.4 Å². The fraction of sp³-hybridized carbons (Fsp3) is 0.500. The minimum Gasteiger partial charge on any atom is -0.353 e. The van der Waals surface area contributed by atoms with Gasteiger partial charge in [-0.05, 0) is 18.6 Å². The Hall–Kier alpha value is -2.54. The number of nitrogens with zero attached hydrogens (tertiary/aromatic N) is 4. The van der Waals surface area contributed by atoms with Gasteiger partial charge >= 0.3 is 5.95 Å². The summed E-state index contributed by atoms with van der Waals surface area (Å²) in [7, 11) is 0. The van der Waals surface area contributed by atoms with Crippen LogP contribution in [0.3, 0.4) is 0 Å². The van der Waals surface area contributed by atoms with Crippen molar-refractivity contribution in [3.05, 3.63) is 58.4 Å². The molecule has 0 fully saturated rings. The maximum absolute atomic E-state index is 11.5. The van der Waals surface area contributed by atoms with E-state index in [0.29, 0.717) is 18.7 Å². The molecule has 0 saturated carbocycles. The Morgan fingerprint density at radius 1 is 1.22 bits per heavy atom. The molecule has 2 aromatic rings. The molecule has 1 aromatic heterocycles. The standard InChI is InChI=1S/C20H27N4O3/c1-2-3-4-5-6-7-15-23-19-21-13-8-14-22(19)16-20(23,25)17-9-11-18(12-10-17)24(26)27/h8-14,25H,2-7,15-16H2,1H3/q+1. The van der Waals surface area contributed by atoms with Crippen molar-refractivity contribution in [1.29, 1.82) is 0 Å². The monoisotopic (exact) mass is 371 g/mol. The number of nitro benzene ring substituents is 1. The number of benzene rings is 1. The summed E-state index contributed by atoms with van der Waals surface area (Å²) in [5.74, 6) is 0.729. The molecule has 0 saturated heterocycles. The van der Waals surface area contributed by atoms with Crippen LogP contribution in [0, 0.1) is 10.1 Å². The van der Waals surface area contributed by atoms with Crippen molar-refractivity contribution in [3.63, 3.8) is 0 Å². The normalized spacial score (nSPS) is 18.5. The number of unbranched alkanes of at least 4 members (excludes halogenated alkanes) is 5. The second-order valence-electron chi connectivity index (χ2n) is 7.09. The third-order valence-electron chi connectivity index (χ3n) is 5.15. The molecule has 0 amide bonds. The average molecular weight is 371 g/mol. The van der Waals surface area contributed by atoms with Gasteiger partial charge in [-0.1, -0.05) is 44.0 Å². The van der Waals surface area contributed by atoms with Crippen LogP contribution >= 0.6 is 0 Å². The first-order valence-corrected chi connectivity index (χ1v) is 9.65. The van der Waals surface area contributed by atoms with Gasteiger partial charge in [-0.15, -0.1) is 0 Å². The lowest BCUT2D eigenvalue weighted by molar-refractivity contribution is -0.685. The largest absolute Gasteiger partial charge is 0.396 e. The van der Waals surface area contributed by atoms with Crippen molar-refractivity contribution in [3.8, 4) is 0 Å². The van der Waals surface area contributed by atoms with E-state index in [-0.39, 0.29) is 5.69 Å². The summed E-state index contributed by atoms with van der Waals surface area (Å²) >= 11 is 0. The van der Waals surface area contributed by atoms with E-state index < -0.39 is 10.6 Å². The average Bonchev–Trinajstić information content (AvgIpc) is 2.97. The molecular weight excluding hydrogens is 344 g/mol. The zero-order valence-electron chi connectivity index (χ0n) is 15.8. The van der Waals surface area contributed by atoms with Gasteiger partial charge in [-0.25, -0.2) is 9.47 Å². The van der Waals surface area contributed by atoms with Gasteiger partial charge in [-0.3, -0.25) is 10.1 Å². The molecule has 144 valence electrons. The first-order chi connectivity index (χ1) is 13.1. The van der Waals surface area contributed by atoms with Gasteiger partial charge < -0.3 is 5.11 Å². The predicted octanol–water partition coefficient (Wildman–Crippen LogP) is 3.30. The molecule has 3 rings (SSSR count). The molecule has 7 heteroatoms. The molecule has 0 aliphatic carbocycles. The van der Waals surface area contributed by atoms with E-state index in [1.807, 2.05) is 21.7 Å². The van der Waals surface area contributed by atoms with E-state index in [2.05, 4.69) is 11.9 Å². The van der Waals surface area contributed by atoms with Crippen molar-refractivity contribution >= 4 is 11.6 Å². The molecule has 7 nitrogen and oxygen atoms in total. The summed E-state index contributed by atoms with van der Waals surface area (Å²) in [5, 5.41) is 22.4. The van der Waals surface area contributed by atoms with E-state index in [1.54, 1.807) is 18.3 Å². The van der Waals surface area contributed by atoms with Crippen LogP contribution in [0.2, 0.25) is 0 Å². The molecule has 2 heterocycles. The maximum atomic E-state index is 11.5. The maximum Gasteiger partial charge on any atom is 0.396 e. The van der Waals surface area contributed by atoms with Crippen molar-refractivity contribution in [2.45, 2.75) is 57.7 Å². The zero-order valence-corrected chi connectivity index (χ0v) is 15.8. The topological polar surface area (TPSA) is 83.4 Å². The highest BCUT2D eigenvalue weighted by Gasteiger charge is 2.51. The summed E-state index contributed by atoms with van der Waals surface area (Å²) in [4.78, 5) is 16.9. The molecule has 1 unspecified atom stereocenters. The third-order valence-corrected chi connectivity index (χ3v) is 5.15. The SMILES string of the molecule is CCCCCCCCN1c2nccc[n+]2CC1(O)c1ccc([N+](=O)[O-])cc1. The van der Waals surface area contributed by atoms with Crippen LogP contribution in [0.25, 0.3) is 0 Å². The Morgan fingerprint density at radius 2 is 1.93 bits per heavy atom. The summed E-state index contributed by atoms with van der Waals surface area (Å²) in [6, 6.07) is 8.00. The summed E-state index contributed by atoms with van der Waals surface area (Å²) in [6.07, 6.45) is 10.6. The molecule has 1 N–H and O–H groups in total. The lowest BCUT2D eigenvalue weighted by atomic mass is 10.0. The molecule has 27 heavy (non-hydrogen) atoms.